The molecule has 1 aliphatic rings. The molecule has 0 aromatic heterocycles. The van der Waals surface area contributed by atoms with Gasteiger partial charge in [0.15, 0.2) is 0 Å². The topological polar surface area (TPSA) is 32.3 Å². The summed E-state index contributed by atoms with van der Waals surface area (Å²) in [5, 5.41) is 5.41. The second kappa shape index (κ2) is 7.07. The Morgan fingerprint density at radius 2 is 1.67 bits per heavy atom. The highest BCUT2D eigenvalue weighted by Crippen LogP contribution is 2.26. The van der Waals surface area contributed by atoms with Crippen molar-refractivity contribution >= 4 is 22.4 Å². The molecule has 1 aliphatic heterocycles. The van der Waals surface area contributed by atoms with E-state index in [1.165, 1.54) is 28.6 Å². The summed E-state index contributed by atoms with van der Waals surface area (Å²) in [5.41, 5.74) is 5.62. The highest BCUT2D eigenvalue weighted by atomic mass is 16.1. The molecule has 0 saturated carbocycles. The number of amides is 1. The smallest absolute Gasteiger partial charge is 0.251 e. The number of carbonyl (C=O) groups excluding carboxylic acids is 1. The zero-order chi connectivity index (χ0) is 19.0. The minimum atomic E-state index is -0.0329. The van der Waals surface area contributed by atoms with E-state index in [2.05, 4.69) is 60.5 Å². The van der Waals surface area contributed by atoms with Crippen molar-refractivity contribution in [3.8, 4) is 0 Å². The molecule has 1 heterocycles. The lowest BCUT2D eigenvalue weighted by molar-refractivity contribution is 0.0940. The monoisotopic (exact) mass is 358 g/mol. The third-order valence-corrected chi connectivity index (χ3v) is 5.69. The van der Waals surface area contributed by atoms with Crippen LogP contribution in [0.4, 0.5) is 5.69 Å². The van der Waals surface area contributed by atoms with E-state index < -0.39 is 0 Å². The number of benzene rings is 3. The fraction of sp³-hybridized carbons (Fsp3) is 0.292. The number of rotatable bonds is 4. The van der Waals surface area contributed by atoms with Crippen LogP contribution in [-0.4, -0.2) is 19.0 Å². The highest BCUT2D eigenvalue weighted by molar-refractivity contribution is 5.99. The van der Waals surface area contributed by atoms with E-state index in [4.69, 9.17) is 0 Å². The number of fused-ring (bicyclic) bond motifs is 1. The van der Waals surface area contributed by atoms with E-state index >= 15 is 0 Å². The van der Waals surface area contributed by atoms with Crippen LogP contribution in [0.1, 0.15) is 46.4 Å². The Kier molecular flexibility index (Phi) is 4.61. The van der Waals surface area contributed by atoms with Crippen LogP contribution in [0.3, 0.4) is 0 Å². The molecular weight excluding hydrogens is 332 g/mol. The van der Waals surface area contributed by atoms with Crippen LogP contribution in [0.2, 0.25) is 0 Å². The molecule has 4 rings (SSSR count). The van der Waals surface area contributed by atoms with Gasteiger partial charge in [0.25, 0.3) is 5.91 Å². The molecule has 1 atom stereocenters. The molecular formula is C24H26N2O. The SMILES string of the molecule is Cc1ccc([C@@H](C)NC(=O)c2ccc3cc(N4CCC4)ccc3c2)cc1C. The largest absolute Gasteiger partial charge is 0.371 e. The zero-order valence-corrected chi connectivity index (χ0v) is 16.3. The van der Waals surface area contributed by atoms with Crippen molar-refractivity contribution in [3.05, 3.63) is 76.9 Å². The first-order chi connectivity index (χ1) is 13.0. The van der Waals surface area contributed by atoms with Gasteiger partial charge >= 0.3 is 0 Å². The molecule has 3 aromatic carbocycles. The molecule has 0 spiro atoms. The second-order valence-corrected chi connectivity index (χ2v) is 7.63. The fourth-order valence-electron chi connectivity index (χ4n) is 3.54. The summed E-state index contributed by atoms with van der Waals surface area (Å²) in [7, 11) is 0. The van der Waals surface area contributed by atoms with Gasteiger partial charge in [0.2, 0.25) is 0 Å². The highest BCUT2D eigenvalue weighted by Gasteiger charge is 2.15. The van der Waals surface area contributed by atoms with E-state index in [1.54, 1.807) is 0 Å². The summed E-state index contributed by atoms with van der Waals surface area (Å²) in [6.45, 7) is 8.52. The molecule has 3 heteroatoms. The van der Waals surface area contributed by atoms with E-state index in [1.807, 2.05) is 25.1 Å². The molecule has 3 nitrogen and oxygen atoms in total. The van der Waals surface area contributed by atoms with E-state index in [-0.39, 0.29) is 11.9 Å². The summed E-state index contributed by atoms with van der Waals surface area (Å²) < 4.78 is 0. The van der Waals surface area contributed by atoms with Gasteiger partial charge < -0.3 is 10.2 Å². The van der Waals surface area contributed by atoms with Crippen molar-refractivity contribution in [3.63, 3.8) is 0 Å². The minimum Gasteiger partial charge on any atom is -0.371 e. The van der Waals surface area contributed by atoms with Gasteiger partial charge in [0.05, 0.1) is 6.04 Å². The van der Waals surface area contributed by atoms with Gasteiger partial charge in [-0.15, -0.1) is 0 Å². The van der Waals surface area contributed by atoms with Gasteiger partial charge in [-0.2, -0.15) is 0 Å². The molecule has 27 heavy (non-hydrogen) atoms. The molecule has 0 radical (unpaired) electrons. The predicted octanol–water partition coefficient (Wildman–Crippen LogP) is 5.16. The van der Waals surface area contributed by atoms with Gasteiger partial charge in [-0.05, 0) is 78.9 Å². The number of carbonyl (C=O) groups is 1. The number of nitrogens with one attached hydrogen (secondary N) is 1. The summed E-state index contributed by atoms with van der Waals surface area (Å²) in [6.07, 6.45) is 1.27. The van der Waals surface area contributed by atoms with Crippen molar-refractivity contribution in [2.45, 2.75) is 33.2 Å². The van der Waals surface area contributed by atoms with Crippen LogP contribution in [0.15, 0.2) is 54.6 Å². The number of anilines is 1. The zero-order valence-electron chi connectivity index (χ0n) is 16.3. The third kappa shape index (κ3) is 3.55. The molecule has 1 N–H and O–H groups in total. The first-order valence-corrected chi connectivity index (χ1v) is 9.68. The number of nitrogens with zero attached hydrogens (tertiary/aromatic N) is 1. The Hall–Kier alpha value is -2.81. The van der Waals surface area contributed by atoms with Gasteiger partial charge in [-0.25, -0.2) is 0 Å². The van der Waals surface area contributed by atoms with E-state index in [0.29, 0.717) is 5.56 Å². The lowest BCUT2D eigenvalue weighted by Gasteiger charge is -2.33. The molecule has 0 aliphatic carbocycles. The van der Waals surface area contributed by atoms with Gasteiger partial charge in [0, 0.05) is 24.3 Å². The van der Waals surface area contributed by atoms with Crippen molar-refractivity contribution in [1.82, 2.24) is 5.32 Å². The maximum absolute atomic E-state index is 12.7. The lowest BCUT2D eigenvalue weighted by Crippen LogP contribution is -2.36. The number of hydrogen-bond donors (Lipinski definition) is 1. The molecule has 0 unspecified atom stereocenters. The summed E-state index contributed by atoms with van der Waals surface area (Å²) in [6, 6.07) is 18.8. The van der Waals surface area contributed by atoms with Crippen LogP contribution in [0.25, 0.3) is 10.8 Å². The maximum Gasteiger partial charge on any atom is 0.251 e. The van der Waals surface area contributed by atoms with E-state index in [9.17, 15) is 4.79 Å². The third-order valence-electron chi connectivity index (χ3n) is 5.69. The van der Waals surface area contributed by atoms with Gasteiger partial charge in [-0.3, -0.25) is 4.79 Å². The lowest BCUT2D eigenvalue weighted by atomic mass is 10.0. The molecule has 0 bridgehead atoms. The van der Waals surface area contributed by atoms with E-state index in [0.717, 1.165) is 24.0 Å². The standard InChI is InChI=1S/C24H26N2O/c1-16-5-6-19(13-17(16)2)18(3)25-24(27)22-8-7-21-15-23(26-11-4-12-26)10-9-20(21)14-22/h5-10,13-15,18H,4,11-12H2,1-3H3,(H,25,27)/t18-/m1/s1. The Morgan fingerprint density at radius 3 is 2.37 bits per heavy atom. The van der Waals surface area contributed by atoms with Crippen molar-refractivity contribution in [2.24, 2.45) is 0 Å². The van der Waals surface area contributed by atoms with Gasteiger partial charge in [-0.1, -0.05) is 30.3 Å². The fourth-order valence-corrected chi connectivity index (χ4v) is 3.54. The average Bonchev–Trinajstić information content (AvgIpc) is 2.62. The Bertz CT molecular complexity index is 1000. The summed E-state index contributed by atoms with van der Waals surface area (Å²) in [5.74, 6) is -0.0329. The van der Waals surface area contributed by atoms with Crippen LogP contribution in [-0.2, 0) is 0 Å². The molecule has 1 saturated heterocycles. The summed E-state index contributed by atoms with van der Waals surface area (Å²) >= 11 is 0. The molecule has 1 fully saturated rings. The van der Waals surface area contributed by atoms with Crippen LogP contribution in [0.5, 0.6) is 0 Å². The maximum atomic E-state index is 12.7. The van der Waals surface area contributed by atoms with Crippen molar-refractivity contribution in [1.29, 1.82) is 0 Å². The average molecular weight is 358 g/mol. The quantitative estimate of drug-likeness (QED) is 0.699. The van der Waals surface area contributed by atoms with Crippen LogP contribution < -0.4 is 10.2 Å². The molecule has 1 amide bonds. The Morgan fingerprint density at radius 1 is 0.926 bits per heavy atom. The number of aryl methyl sites for hydroxylation is 2. The van der Waals surface area contributed by atoms with Crippen LogP contribution >= 0.6 is 0 Å². The first-order valence-electron chi connectivity index (χ1n) is 9.68. The van der Waals surface area contributed by atoms with Gasteiger partial charge in [0.1, 0.15) is 0 Å². The molecule has 3 aromatic rings. The van der Waals surface area contributed by atoms with Crippen LogP contribution in [0, 0.1) is 13.8 Å². The second-order valence-electron chi connectivity index (χ2n) is 7.63. The van der Waals surface area contributed by atoms with Crippen molar-refractivity contribution < 1.29 is 4.79 Å². The van der Waals surface area contributed by atoms with Crippen molar-refractivity contribution in [2.75, 3.05) is 18.0 Å². The minimum absolute atomic E-state index is 0.0266. The molecule has 138 valence electrons. The number of hydrogen-bond acceptors (Lipinski definition) is 2. The Balaban J connectivity index is 1.52. The Labute approximate surface area is 161 Å². The predicted molar refractivity (Wildman–Crippen MR) is 113 cm³/mol. The summed E-state index contributed by atoms with van der Waals surface area (Å²) in [4.78, 5) is 15.1. The first kappa shape index (κ1) is 17.6. The normalized spacial score (nSPS) is 14.7.